The summed E-state index contributed by atoms with van der Waals surface area (Å²) in [6.07, 6.45) is 2.47. The number of benzene rings is 1. The van der Waals surface area contributed by atoms with Gasteiger partial charge in [-0.3, -0.25) is 4.79 Å². The molecule has 0 radical (unpaired) electrons. The Morgan fingerprint density at radius 3 is 2.52 bits per heavy atom. The molecule has 6 nitrogen and oxygen atoms in total. The summed E-state index contributed by atoms with van der Waals surface area (Å²) in [6, 6.07) is 6.02. The summed E-state index contributed by atoms with van der Waals surface area (Å²) < 4.78 is 30.2. The van der Waals surface area contributed by atoms with Crippen molar-refractivity contribution in [2.45, 2.75) is 45.6 Å². The summed E-state index contributed by atoms with van der Waals surface area (Å²) in [4.78, 5) is 12.2. The number of aryl methyl sites for hydroxylation is 1. The second-order valence-electron chi connectivity index (χ2n) is 6.99. The molecule has 1 aromatic rings. The maximum Gasteiger partial charge on any atom is 0.258 e. The number of hydrogen-bond donors (Lipinski definition) is 1. The number of ether oxygens (including phenoxy) is 1. The first-order chi connectivity index (χ1) is 11.7. The van der Waals surface area contributed by atoms with Crippen LogP contribution in [0.3, 0.4) is 0 Å². The van der Waals surface area contributed by atoms with Gasteiger partial charge in [-0.25, -0.2) is 12.7 Å². The van der Waals surface area contributed by atoms with Crippen molar-refractivity contribution in [3.8, 4) is 5.75 Å². The molecule has 25 heavy (non-hydrogen) atoms. The van der Waals surface area contributed by atoms with Gasteiger partial charge in [0, 0.05) is 19.1 Å². The summed E-state index contributed by atoms with van der Waals surface area (Å²) in [5, 5.41) is 2.94. The fourth-order valence-corrected chi connectivity index (χ4v) is 3.86. The van der Waals surface area contributed by atoms with Crippen LogP contribution in [-0.2, 0) is 14.8 Å². The van der Waals surface area contributed by atoms with Crippen LogP contribution in [0.5, 0.6) is 5.75 Å². The Kier molecular flexibility index (Phi) is 6.46. The molecule has 0 atom stereocenters. The monoisotopic (exact) mass is 368 g/mol. The molecule has 1 aromatic carbocycles. The quantitative estimate of drug-likeness (QED) is 0.834. The van der Waals surface area contributed by atoms with Gasteiger partial charge in [0.2, 0.25) is 10.0 Å². The first kappa shape index (κ1) is 19.7. The van der Waals surface area contributed by atoms with Gasteiger partial charge in [-0.1, -0.05) is 26.0 Å². The third kappa shape index (κ3) is 5.71. The number of nitrogens with one attached hydrogen (secondary N) is 1. The van der Waals surface area contributed by atoms with Gasteiger partial charge < -0.3 is 10.1 Å². The van der Waals surface area contributed by atoms with E-state index in [-0.39, 0.29) is 18.6 Å². The van der Waals surface area contributed by atoms with Gasteiger partial charge in [0.25, 0.3) is 5.91 Å². The molecule has 2 rings (SSSR count). The highest BCUT2D eigenvalue weighted by atomic mass is 32.2. The third-order valence-electron chi connectivity index (χ3n) is 4.44. The summed E-state index contributed by atoms with van der Waals surface area (Å²) in [6.45, 7) is 7.03. The average molecular weight is 368 g/mol. The largest absolute Gasteiger partial charge is 0.483 e. The molecule has 1 fully saturated rings. The van der Waals surface area contributed by atoms with Gasteiger partial charge >= 0.3 is 0 Å². The van der Waals surface area contributed by atoms with Gasteiger partial charge in [0.05, 0.1) is 6.26 Å². The predicted octanol–water partition coefficient (Wildman–Crippen LogP) is 2.04. The Morgan fingerprint density at radius 1 is 1.32 bits per heavy atom. The maximum absolute atomic E-state index is 12.2. The average Bonchev–Trinajstić information content (AvgIpc) is 2.52. The smallest absolute Gasteiger partial charge is 0.258 e. The van der Waals surface area contributed by atoms with Crippen molar-refractivity contribution < 1.29 is 17.9 Å². The van der Waals surface area contributed by atoms with Crippen LogP contribution in [0, 0.1) is 6.92 Å². The zero-order valence-electron chi connectivity index (χ0n) is 15.4. The van der Waals surface area contributed by atoms with Crippen LogP contribution < -0.4 is 10.1 Å². The SMILES string of the molecule is Cc1ccc(C(C)C)c(OCC(=O)NC2CCN(S(C)(=O)=O)CC2)c1. The van der Waals surface area contributed by atoms with Gasteiger partial charge in [0.15, 0.2) is 6.61 Å². The molecule has 1 saturated heterocycles. The Balaban J connectivity index is 1.85. The summed E-state index contributed by atoms with van der Waals surface area (Å²) in [5.74, 6) is 0.894. The molecule has 0 aliphatic carbocycles. The molecule has 1 aliphatic heterocycles. The number of nitrogens with zero attached hydrogens (tertiary/aromatic N) is 1. The van der Waals surface area contributed by atoms with E-state index in [2.05, 4.69) is 19.2 Å². The fourth-order valence-electron chi connectivity index (χ4n) is 2.99. The minimum Gasteiger partial charge on any atom is -0.483 e. The molecule has 0 bridgehead atoms. The van der Waals surface area contributed by atoms with Crippen molar-refractivity contribution in [2.24, 2.45) is 0 Å². The second kappa shape index (κ2) is 8.19. The highest BCUT2D eigenvalue weighted by Crippen LogP contribution is 2.27. The lowest BCUT2D eigenvalue weighted by Crippen LogP contribution is -2.47. The number of carbonyl (C=O) groups excluding carboxylic acids is 1. The number of rotatable bonds is 6. The number of sulfonamides is 1. The molecule has 1 amide bonds. The Bertz CT molecular complexity index is 708. The van der Waals surface area contributed by atoms with Crippen molar-refractivity contribution in [3.63, 3.8) is 0 Å². The topological polar surface area (TPSA) is 75.7 Å². The number of carbonyl (C=O) groups is 1. The van der Waals surface area contributed by atoms with Crippen molar-refractivity contribution in [1.82, 2.24) is 9.62 Å². The molecule has 1 heterocycles. The van der Waals surface area contributed by atoms with E-state index in [1.807, 2.05) is 25.1 Å². The molecule has 1 N–H and O–H groups in total. The van der Waals surface area contributed by atoms with Gasteiger partial charge in [0.1, 0.15) is 5.75 Å². The van der Waals surface area contributed by atoms with E-state index in [1.54, 1.807) is 0 Å². The van der Waals surface area contributed by atoms with Crippen LogP contribution in [-0.4, -0.2) is 50.6 Å². The maximum atomic E-state index is 12.2. The van der Waals surface area contributed by atoms with Gasteiger partial charge in [-0.05, 0) is 42.9 Å². The van der Waals surface area contributed by atoms with Crippen molar-refractivity contribution in [1.29, 1.82) is 0 Å². The number of piperidine rings is 1. The minimum absolute atomic E-state index is 0.00354. The fraction of sp³-hybridized carbons (Fsp3) is 0.611. The zero-order chi connectivity index (χ0) is 18.6. The van der Waals surface area contributed by atoms with Crippen molar-refractivity contribution >= 4 is 15.9 Å². The Labute approximate surface area is 150 Å². The predicted molar refractivity (Wildman–Crippen MR) is 98.3 cm³/mol. The van der Waals surface area contributed by atoms with E-state index < -0.39 is 10.0 Å². The van der Waals surface area contributed by atoms with E-state index >= 15 is 0 Å². The van der Waals surface area contributed by atoms with Crippen molar-refractivity contribution in [2.75, 3.05) is 26.0 Å². The standard InChI is InChI=1S/C18H28N2O4S/c1-13(2)16-6-5-14(3)11-17(16)24-12-18(21)19-15-7-9-20(10-8-15)25(4,22)23/h5-6,11,13,15H,7-10,12H2,1-4H3,(H,19,21). The molecular formula is C18H28N2O4S. The molecule has 0 spiro atoms. The molecular weight excluding hydrogens is 340 g/mol. The van der Waals surface area contributed by atoms with Crippen LogP contribution in [0.2, 0.25) is 0 Å². The lowest BCUT2D eigenvalue weighted by Gasteiger charge is -2.30. The molecule has 1 aliphatic rings. The van der Waals surface area contributed by atoms with E-state index in [0.29, 0.717) is 31.8 Å². The van der Waals surface area contributed by atoms with Gasteiger partial charge in [-0.15, -0.1) is 0 Å². The van der Waals surface area contributed by atoms with Crippen LogP contribution in [0.15, 0.2) is 18.2 Å². The normalized spacial score (nSPS) is 16.8. The second-order valence-corrected chi connectivity index (χ2v) is 8.97. The molecule has 140 valence electrons. The number of amides is 1. The van der Waals surface area contributed by atoms with Crippen LogP contribution in [0.25, 0.3) is 0 Å². The lowest BCUT2D eigenvalue weighted by molar-refractivity contribution is -0.124. The number of hydrogen-bond acceptors (Lipinski definition) is 4. The summed E-state index contributed by atoms with van der Waals surface area (Å²) in [7, 11) is -3.15. The Morgan fingerprint density at radius 2 is 1.96 bits per heavy atom. The third-order valence-corrected chi connectivity index (χ3v) is 5.74. The zero-order valence-corrected chi connectivity index (χ0v) is 16.2. The lowest BCUT2D eigenvalue weighted by atomic mass is 10.0. The van der Waals surface area contributed by atoms with Crippen molar-refractivity contribution in [3.05, 3.63) is 29.3 Å². The minimum atomic E-state index is -3.15. The van der Waals surface area contributed by atoms with Gasteiger partial charge in [-0.2, -0.15) is 0 Å². The van der Waals surface area contributed by atoms with Crippen LogP contribution in [0.4, 0.5) is 0 Å². The molecule has 0 aromatic heterocycles. The molecule has 0 saturated carbocycles. The van der Waals surface area contributed by atoms with Crippen LogP contribution >= 0.6 is 0 Å². The van der Waals surface area contributed by atoms with E-state index in [9.17, 15) is 13.2 Å². The van der Waals surface area contributed by atoms with E-state index in [1.165, 1.54) is 10.6 Å². The molecule has 0 unspecified atom stereocenters. The van der Waals surface area contributed by atoms with E-state index in [0.717, 1.165) is 16.9 Å². The highest BCUT2D eigenvalue weighted by Gasteiger charge is 2.25. The van der Waals surface area contributed by atoms with E-state index in [4.69, 9.17) is 4.74 Å². The highest BCUT2D eigenvalue weighted by molar-refractivity contribution is 7.88. The van der Waals surface area contributed by atoms with Crippen LogP contribution in [0.1, 0.15) is 43.7 Å². The Hall–Kier alpha value is -1.60. The summed E-state index contributed by atoms with van der Waals surface area (Å²) >= 11 is 0. The summed E-state index contributed by atoms with van der Waals surface area (Å²) in [5.41, 5.74) is 2.17. The first-order valence-corrected chi connectivity index (χ1v) is 10.5. The first-order valence-electron chi connectivity index (χ1n) is 8.64. The molecule has 7 heteroatoms.